The molecule has 19 heavy (non-hydrogen) atoms. The van der Waals surface area contributed by atoms with Crippen LogP contribution in [-0.4, -0.2) is 5.11 Å². The van der Waals surface area contributed by atoms with Crippen molar-refractivity contribution in [3.63, 3.8) is 0 Å². The Balaban J connectivity index is 1.91. The van der Waals surface area contributed by atoms with Gasteiger partial charge in [-0.1, -0.05) is 55.5 Å². The quantitative estimate of drug-likeness (QED) is 0.828. The first-order valence-electron chi connectivity index (χ1n) is 6.46. The molecule has 0 aromatic heterocycles. The molecule has 2 N–H and O–H groups in total. The van der Waals surface area contributed by atoms with E-state index >= 15 is 0 Å². The number of thiocarbonyl (C=S) groups is 1. The molecule has 0 saturated carbocycles. The van der Waals surface area contributed by atoms with Gasteiger partial charge in [-0.2, -0.15) is 0 Å². The van der Waals surface area contributed by atoms with E-state index in [4.69, 9.17) is 12.2 Å². The molecule has 0 aliphatic carbocycles. The Labute approximate surface area is 119 Å². The summed E-state index contributed by atoms with van der Waals surface area (Å²) in [6.45, 7) is 2.88. The van der Waals surface area contributed by atoms with Gasteiger partial charge in [-0.25, -0.2) is 0 Å². The van der Waals surface area contributed by atoms with Crippen molar-refractivity contribution in [1.82, 2.24) is 5.32 Å². The number of hydrogen-bond donors (Lipinski definition) is 2. The molecule has 0 radical (unpaired) electrons. The Morgan fingerprint density at radius 3 is 2.42 bits per heavy atom. The van der Waals surface area contributed by atoms with E-state index in [0.29, 0.717) is 5.11 Å². The summed E-state index contributed by atoms with van der Waals surface area (Å²) in [7, 11) is 0. The van der Waals surface area contributed by atoms with E-state index in [1.165, 1.54) is 11.1 Å². The van der Waals surface area contributed by atoms with Crippen LogP contribution < -0.4 is 10.6 Å². The molecule has 3 heteroatoms. The second-order valence-electron chi connectivity index (χ2n) is 4.30. The molecule has 0 bridgehead atoms. The number of rotatable bonds is 4. The zero-order valence-corrected chi connectivity index (χ0v) is 11.8. The maximum atomic E-state index is 5.32. The molecule has 0 atom stereocenters. The molecule has 2 nitrogen and oxygen atoms in total. The molecule has 2 rings (SSSR count). The van der Waals surface area contributed by atoms with Gasteiger partial charge in [-0.3, -0.25) is 0 Å². The standard InChI is InChI=1S/C16H18N2S/c1-2-14-10-6-7-11-15(14)18-16(19)17-12-13-8-4-3-5-9-13/h3-11H,2,12H2,1H3,(H2,17,18,19). The maximum Gasteiger partial charge on any atom is 0.171 e. The molecule has 0 aliphatic rings. The zero-order chi connectivity index (χ0) is 13.5. The van der Waals surface area contributed by atoms with E-state index in [-0.39, 0.29) is 0 Å². The van der Waals surface area contributed by atoms with Crippen LogP contribution in [0.5, 0.6) is 0 Å². The molecule has 2 aromatic carbocycles. The van der Waals surface area contributed by atoms with Gasteiger partial charge in [0.2, 0.25) is 0 Å². The average Bonchev–Trinajstić information content (AvgIpc) is 2.47. The monoisotopic (exact) mass is 270 g/mol. The first-order chi connectivity index (χ1) is 9.29. The molecular formula is C16H18N2S. The molecular weight excluding hydrogens is 252 g/mol. The first kappa shape index (κ1) is 13.6. The molecule has 0 unspecified atom stereocenters. The number of nitrogens with one attached hydrogen (secondary N) is 2. The van der Waals surface area contributed by atoms with Crippen LogP contribution in [0.15, 0.2) is 54.6 Å². The second kappa shape index (κ2) is 6.90. The molecule has 0 spiro atoms. The fourth-order valence-electron chi connectivity index (χ4n) is 1.90. The Morgan fingerprint density at radius 2 is 1.68 bits per heavy atom. The summed E-state index contributed by atoms with van der Waals surface area (Å²) in [4.78, 5) is 0. The van der Waals surface area contributed by atoms with Crippen molar-refractivity contribution < 1.29 is 0 Å². The molecule has 98 valence electrons. The molecule has 0 fully saturated rings. The normalized spacial score (nSPS) is 9.95. The summed E-state index contributed by atoms with van der Waals surface area (Å²) in [5.41, 5.74) is 3.57. The van der Waals surface area contributed by atoms with Gasteiger partial charge >= 0.3 is 0 Å². The van der Waals surface area contributed by atoms with E-state index in [2.05, 4.69) is 41.8 Å². The van der Waals surface area contributed by atoms with Crippen molar-refractivity contribution in [3.05, 3.63) is 65.7 Å². The number of para-hydroxylation sites is 1. The fraction of sp³-hybridized carbons (Fsp3) is 0.188. The van der Waals surface area contributed by atoms with Crippen LogP contribution in [0.1, 0.15) is 18.1 Å². The summed E-state index contributed by atoms with van der Waals surface area (Å²) < 4.78 is 0. The van der Waals surface area contributed by atoms with Gasteiger partial charge in [-0.15, -0.1) is 0 Å². The minimum absolute atomic E-state index is 0.657. The topological polar surface area (TPSA) is 24.1 Å². The lowest BCUT2D eigenvalue weighted by Gasteiger charge is -2.13. The SMILES string of the molecule is CCc1ccccc1NC(=S)NCc1ccccc1. The summed E-state index contributed by atoms with van der Waals surface area (Å²) in [6, 6.07) is 18.5. The Hall–Kier alpha value is -1.87. The number of benzene rings is 2. The molecule has 0 heterocycles. The van der Waals surface area contributed by atoms with Crippen molar-refractivity contribution in [2.75, 3.05) is 5.32 Å². The van der Waals surface area contributed by atoms with Crippen LogP contribution in [0.2, 0.25) is 0 Å². The van der Waals surface area contributed by atoms with Crippen LogP contribution in [0.25, 0.3) is 0 Å². The van der Waals surface area contributed by atoms with Crippen molar-refractivity contribution in [3.8, 4) is 0 Å². The lowest BCUT2D eigenvalue weighted by Crippen LogP contribution is -2.28. The van der Waals surface area contributed by atoms with Crippen molar-refractivity contribution >= 4 is 23.0 Å². The van der Waals surface area contributed by atoms with Gasteiger partial charge in [0.15, 0.2) is 5.11 Å². The lowest BCUT2D eigenvalue weighted by molar-refractivity contribution is 0.925. The van der Waals surface area contributed by atoms with Gasteiger partial charge in [0.25, 0.3) is 0 Å². The third kappa shape index (κ3) is 4.07. The Kier molecular flexibility index (Phi) is 4.93. The van der Waals surface area contributed by atoms with Crippen molar-refractivity contribution in [2.24, 2.45) is 0 Å². The molecule has 0 aliphatic heterocycles. The molecule has 2 aromatic rings. The van der Waals surface area contributed by atoms with E-state index < -0.39 is 0 Å². The molecule has 0 amide bonds. The van der Waals surface area contributed by atoms with Crippen LogP contribution >= 0.6 is 12.2 Å². The largest absolute Gasteiger partial charge is 0.358 e. The van der Waals surface area contributed by atoms with E-state index in [1.54, 1.807) is 0 Å². The maximum absolute atomic E-state index is 5.32. The highest BCUT2D eigenvalue weighted by Gasteiger charge is 2.01. The third-order valence-electron chi connectivity index (χ3n) is 2.94. The fourth-order valence-corrected chi connectivity index (χ4v) is 2.08. The smallest absolute Gasteiger partial charge is 0.171 e. The summed E-state index contributed by atoms with van der Waals surface area (Å²) in [5.74, 6) is 0. The third-order valence-corrected chi connectivity index (χ3v) is 3.19. The highest BCUT2D eigenvalue weighted by atomic mass is 32.1. The van der Waals surface area contributed by atoms with Crippen LogP contribution in [-0.2, 0) is 13.0 Å². The predicted molar refractivity (Wildman–Crippen MR) is 85.3 cm³/mol. The summed E-state index contributed by atoms with van der Waals surface area (Å²) in [6.07, 6.45) is 0.991. The van der Waals surface area contributed by atoms with Crippen LogP contribution in [0, 0.1) is 0 Å². The van der Waals surface area contributed by atoms with Crippen LogP contribution in [0.4, 0.5) is 5.69 Å². The first-order valence-corrected chi connectivity index (χ1v) is 6.87. The minimum Gasteiger partial charge on any atom is -0.358 e. The Bertz CT molecular complexity index is 537. The van der Waals surface area contributed by atoms with Crippen LogP contribution in [0.3, 0.4) is 0 Å². The summed E-state index contributed by atoms with van der Waals surface area (Å²) in [5, 5.41) is 7.13. The van der Waals surface area contributed by atoms with Crippen molar-refractivity contribution in [2.45, 2.75) is 19.9 Å². The highest BCUT2D eigenvalue weighted by molar-refractivity contribution is 7.80. The average molecular weight is 270 g/mol. The number of hydrogen-bond acceptors (Lipinski definition) is 1. The van der Waals surface area contributed by atoms with E-state index in [0.717, 1.165) is 18.7 Å². The van der Waals surface area contributed by atoms with Gasteiger partial charge in [0.1, 0.15) is 0 Å². The summed E-state index contributed by atoms with van der Waals surface area (Å²) >= 11 is 5.32. The zero-order valence-electron chi connectivity index (χ0n) is 11.0. The predicted octanol–water partition coefficient (Wildman–Crippen LogP) is 3.74. The van der Waals surface area contributed by atoms with Gasteiger partial charge in [-0.05, 0) is 35.8 Å². The lowest BCUT2D eigenvalue weighted by atomic mass is 10.1. The van der Waals surface area contributed by atoms with Gasteiger partial charge in [0, 0.05) is 12.2 Å². The van der Waals surface area contributed by atoms with Gasteiger partial charge in [0.05, 0.1) is 0 Å². The number of anilines is 1. The second-order valence-corrected chi connectivity index (χ2v) is 4.71. The highest BCUT2D eigenvalue weighted by Crippen LogP contribution is 2.15. The van der Waals surface area contributed by atoms with E-state index in [9.17, 15) is 0 Å². The van der Waals surface area contributed by atoms with E-state index in [1.807, 2.05) is 30.3 Å². The minimum atomic E-state index is 0.657. The molecule has 0 saturated heterocycles. The van der Waals surface area contributed by atoms with Gasteiger partial charge < -0.3 is 10.6 Å². The Morgan fingerprint density at radius 1 is 1.00 bits per heavy atom. The number of aryl methyl sites for hydroxylation is 1. The van der Waals surface area contributed by atoms with Crippen molar-refractivity contribution in [1.29, 1.82) is 0 Å².